The van der Waals surface area contributed by atoms with E-state index in [1.165, 1.54) is 0 Å². The van der Waals surface area contributed by atoms with Crippen LogP contribution in [-0.4, -0.2) is 52.4 Å². The average Bonchev–Trinajstić information content (AvgIpc) is 3.19. The number of allylic oxidation sites excluding steroid dienone is 4. The van der Waals surface area contributed by atoms with E-state index in [9.17, 15) is 19.8 Å². The summed E-state index contributed by atoms with van der Waals surface area (Å²) in [5, 5.41) is 21.7. The lowest BCUT2D eigenvalue weighted by Gasteiger charge is -2.59. The summed E-state index contributed by atoms with van der Waals surface area (Å²) in [6, 6.07) is 0. The van der Waals surface area contributed by atoms with Crippen molar-refractivity contribution in [3.8, 4) is 0 Å². The molecule has 4 aliphatic carbocycles. The molecule has 6 heteroatoms. The van der Waals surface area contributed by atoms with E-state index in [1.807, 2.05) is 19.9 Å². The first-order valence-electron chi connectivity index (χ1n) is 12.6. The van der Waals surface area contributed by atoms with Gasteiger partial charge in [-0.15, -0.1) is 0 Å². The highest BCUT2D eigenvalue weighted by atomic mass is 16.7. The van der Waals surface area contributed by atoms with Gasteiger partial charge in [-0.2, -0.15) is 0 Å². The normalized spacial score (nSPS) is 51.8. The number of aliphatic hydroxyl groups is 2. The molecule has 1 heterocycles. The zero-order chi connectivity index (χ0) is 24.0. The Balaban J connectivity index is 1.58. The van der Waals surface area contributed by atoms with Gasteiger partial charge < -0.3 is 19.7 Å². The molecule has 0 amide bonds. The fourth-order valence-corrected chi connectivity index (χ4v) is 7.98. The molecule has 0 spiro atoms. The maximum Gasteiger partial charge on any atom is 0.193 e. The molecular weight excluding hydrogens is 396 g/mol. The minimum atomic E-state index is -3.07. The number of ketones is 2. The lowest BCUT2D eigenvalue weighted by Crippen LogP contribution is -2.63. The minimum Gasteiger partial charge on any atom is -0.393 e. The van der Waals surface area contributed by atoms with Crippen molar-refractivity contribution in [1.82, 2.24) is 0 Å². The van der Waals surface area contributed by atoms with E-state index < -0.39 is 47.3 Å². The number of aliphatic hydroxyl groups excluding tert-OH is 1. The summed E-state index contributed by atoms with van der Waals surface area (Å²) < 4.78 is 28.2. The van der Waals surface area contributed by atoms with Crippen molar-refractivity contribution in [3.63, 3.8) is 0 Å². The van der Waals surface area contributed by atoms with Gasteiger partial charge in [-0.25, -0.2) is 0 Å². The van der Waals surface area contributed by atoms with Gasteiger partial charge >= 0.3 is 0 Å². The third-order valence-corrected chi connectivity index (χ3v) is 9.25. The maximum absolute atomic E-state index is 13.5. The summed E-state index contributed by atoms with van der Waals surface area (Å²) in [7, 11) is 0. The molecule has 170 valence electrons. The average molecular weight is 433 g/mol. The second kappa shape index (κ2) is 7.08. The summed E-state index contributed by atoms with van der Waals surface area (Å²) >= 11 is 0. The van der Waals surface area contributed by atoms with Crippen molar-refractivity contribution >= 4 is 11.6 Å². The number of hydrogen-bond acceptors (Lipinski definition) is 6. The molecule has 0 radical (unpaired) electrons. The Morgan fingerprint density at radius 3 is 2.87 bits per heavy atom. The number of rotatable bonds is 4. The molecular formula is C25H34O6. The van der Waals surface area contributed by atoms with Crippen LogP contribution < -0.4 is 0 Å². The van der Waals surface area contributed by atoms with E-state index in [1.54, 1.807) is 12.2 Å². The van der Waals surface area contributed by atoms with E-state index >= 15 is 0 Å². The number of carbonyl (C=O) groups excluding carboxylic acids is 2. The zero-order valence-corrected chi connectivity index (χ0v) is 18.5. The maximum atomic E-state index is 13.5. The minimum absolute atomic E-state index is 0.0232. The van der Waals surface area contributed by atoms with Crippen LogP contribution in [0, 0.1) is 28.6 Å². The number of carbonyl (C=O) groups is 2. The van der Waals surface area contributed by atoms with Crippen LogP contribution in [0.3, 0.4) is 0 Å². The Kier molecular flexibility index (Phi) is 4.37. The van der Waals surface area contributed by atoms with Crippen molar-refractivity contribution < 1.29 is 32.0 Å². The standard InChI is InChI=1S/C25H34O6/c1-4-5-21-30-20-11-17-16-7-6-14-10-15(27)8-9-23(14,2)22(16)18(28)12-24(17,3)25(20,31-21)19(29)13-26/h8-10,16-18,20-22,26,28H,4-7,11-13H2,1-3H3/t16-,17-,18-,20+,21?,22+,23-,24-,25+/m0/s1/i13D2. The van der Waals surface area contributed by atoms with Gasteiger partial charge in [-0.1, -0.05) is 38.8 Å². The van der Waals surface area contributed by atoms with Crippen molar-refractivity contribution in [2.75, 3.05) is 6.56 Å². The number of ether oxygens (including phenoxy) is 2. The molecule has 1 saturated heterocycles. The van der Waals surface area contributed by atoms with Gasteiger partial charge in [0.15, 0.2) is 23.5 Å². The highest BCUT2D eigenvalue weighted by Crippen LogP contribution is 2.69. The van der Waals surface area contributed by atoms with Crippen LogP contribution in [0.5, 0.6) is 0 Å². The molecule has 5 rings (SSSR count). The first-order valence-corrected chi connectivity index (χ1v) is 11.6. The fourth-order valence-electron chi connectivity index (χ4n) is 7.98. The van der Waals surface area contributed by atoms with Gasteiger partial charge in [0.1, 0.15) is 6.56 Å². The molecule has 0 bridgehead atoms. The Labute approximate surface area is 186 Å². The smallest absolute Gasteiger partial charge is 0.193 e. The van der Waals surface area contributed by atoms with Gasteiger partial charge in [0.2, 0.25) is 0 Å². The Bertz CT molecular complexity index is 940. The SMILES string of the molecule is [2H]C([2H])(O)C(=O)[C@@]12OC(CCC)O[C@@H]1C[C@H]1[C@@H]3CCC4=CC(=O)C=C[C@]4(C)[C@H]3[C@@H](O)C[C@@]12C. The van der Waals surface area contributed by atoms with Crippen LogP contribution in [0.15, 0.2) is 23.8 Å². The van der Waals surface area contributed by atoms with Crippen LogP contribution in [-0.2, 0) is 19.1 Å². The molecule has 31 heavy (non-hydrogen) atoms. The third kappa shape index (κ3) is 2.65. The molecule has 6 nitrogen and oxygen atoms in total. The van der Waals surface area contributed by atoms with Crippen molar-refractivity contribution in [2.45, 2.75) is 83.4 Å². The van der Waals surface area contributed by atoms with E-state index in [0.717, 1.165) is 24.8 Å². The monoisotopic (exact) mass is 432 g/mol. The summed E-state index contributed by atoms with van der Waals surface area (Å²) in [5.74, 6) is -1.14. The number of hydrogen-bond donors (Lipinski definition) is 2. The van der Waals surface area contributed by atoms with Gasteiger partial charge in [0.05, 0.1) is 14.9 Å². The van der Waals surface area contributed by atoms with E-state index in [4.69, 9.17) is 12.2 Å². The molecule has 0 aromatic heterocycles. The predicted octanol–water partition coefficient (Wildman–Crippen LogP) is 2.72. The predicted molar refractivity (Wildman–Crippen MR) is 113 cm³/mol. The summed E-state index contributed by atoms with van der Waals surface area (Å²) in [4.78, 5) is 25.5. The topological polar surface area (TPSA) is 93.1 Å². The second-order valence-electron chi connectivity index (χ2n) is 10.6. The fraction of sp³-hybridized carbons (Fsp3) is 0.760. The summed E-state index contributed by atoms with van der Waals surface area (Å²) in [6.07, 6.45) is 6.75. The van der Waals surface area contributed by atoms with Gasteiger partial charge in [-0.05, 0) is 56.1 Å². The van der Waals surface area contributed by atoms with Crippen molar-refractivity contribution in [1.29, 1.82) is 0 Å². The molecule has 5 aliphatic rings. The molecule has 1 unspecified atom stereocenters. The Morgan fingerprint density at radius 2 is 2.16 bits per heavy atom. The van der Waals surface area contributed by atoms with Gasteiger partial charge in [0, 0.05) is 16.7 Å². The van der Waals surface area contributed by atoms with Gasteiger partial charge in [0.25, 0.3) is 0 Å². The molecule has 1 aliphatic heterocycles. The molecule has 0 aromatic rings. The van der Waals surface area contributed by atoms with Crippen LogP contribution in [0.25, 0.3) is 0 Å². The summed E-state index contributed by atoms with van der Waals surface area (Å²) in [6.45, 7) is 2.91. The molecule has 0 aromatic carbocycles. The summed E-state index contributed by atoms with van der Waals surface area (Å²) in [5.41, 5.74) is -1.92. The van der Waals surface area contributed by atoms with Crippen LogP contribution >= 0.6 is 0 Å². The largest absolute Gasteiger partial charge is 0.393 e. The van der Waals surface area contributed by atoms with Crippen LogP contribution in [0.2, 0.25) is 0 Å². The number of fused-ring (bicyclic) bond motifs is 7. The molecule has 9 atom stereocenters. The van der Waals surface area contributed by atoms with Crippen molar-refractivity contribution in [3.05, 3.63) is 23.8 Å². The van der Waals surface area contributed by atoms with E-state index in [2.05, 4.69) is 6.92 Å². The van der Waals surface area contributed by atoms with Crippen LogP contribution in [0.1, 0.15) is 62.0 Å². The van der Waals surface area contributed by atoms with Gasteiger partial charge in [-0.3, -0.25) is 9.59 Å². The first kappa shape index (κ1) is 19.2. The van der Waals surface area contributed by atoms with Crippen molar-refractivity contribution in [2.24, 2.45) is 28.6 Å². The zero-order valence-electron chi connectivity index (χ0n) is 20.5. The molecule has 2 N–H and O–H groups in total. The lowest BCUT2D eigenvalue weighted by molar-refractivity contribution is -0.200. The number of Topliss-reactive ketones (excluding diaryl/α,β-unsaturated/α-hetero) is 1. The second-order valence-corrected chi connectivity index (χ2v) is 10.6. The van der Waals surface area contributed by atoms with E-state index in [-0.39, 0.29) is 30.0 Å². The third-order valence-electron chi connectivity index (χ3n) is 9.25. The highest BCUT2D eigenvalue weighted by Gasteiger charge is 2.75. The highest BCUT2D eigenvalue weighted by molar-refractivity contribution is 6.01. The lowest BCUT2D eigenvalue weighted by atomic mass is 9.46. The molecule has 4 fully saturated rings. The Hall–Kier alpha value is -1.34. The van der Waals surface area contributed by atoms with Crippen LogP contribution in [0.4, 0.5) is 0 Å². The first-order chi connectivity index (χ1) is 15.4. The quantitative estimate of drug-likeness (QED) is 0.710. The van der Waals surface area contributed by atoms with E-state index in [0.29, 0.717) is 12.8 Å². The molecule has 3 saturated carbocycles. The Morgan fingerprint density at radius 1 is 1.39 bits per heavy atom.